The van der Waals surface area contributed by atoms with Crippen molar-refractivity contribution in [1.29, 1.82) is 0 Å². The van der Waals surface area contributed by atoms with E-state index in [0.29, 0.717) is 6.42 Å². The van der Waals surface area contributed by atoms with Crippen LogP contribution in [0.5, 0.6) is 0 Å². The van der Waals surface area contributed by atoms with E-state index >= 15 is 0 Å². The average molecular weight is 362 g/mol. The number of hydrogen-bond acceptors (Lipinski definition) is 3. The first-order valence-corrected chi connectivity index (χ1v) is 9.96. The summed E-state index contributed by atoms with van der Waals surface area (Å²) in [6, 6.07) is 15.7. The van der Waals surface area contributed by atoms with Gasteiger partial charge in [0.1, 0.15) is 0 Å². The molecule has 0 radical (unpaired) electrons. The van der Waals surface area contributed by atoms with E-state index in [4.69, 9.17) is 0 Å². The van der Waals surface area contributed by atoms with Crippen molar-refractivity contribution in [2.75, 3.05) is 0 Å². The van der Waals surface area contributed by atoms with Gasteiger partial charge in [-0.05, 0) is 43.9 Å². The first-order valence-electron chi connectivity index (χ1n) is 8.48. The van der Waals surface area contributed by atoms with Crippen LogP contribution in [0.15, 0.2) is 59.5 Å². The Kier molecular flexibility index (Phi) is 6.03. The van der Waals surface area contributed by atoms with Gasteiger partial charge in [-0.15, -0.1) is 0 Å². The van der Waals surface area contributed by atoms with Crippen LogP contribution in [-0.2, 0) is 16.4 Å². The fourth-order valence-electron chi connectivity index (χ4n) is 2.59. The fourth-order valence-corrected chi connectivity index (χ4v) is 3.92. The summed E-state index contributed by atoms with van der Waals surface area (Å²) >= 11 is 0. The van der Waals surface area contributed by atoms with Crippen LogP contribution in [0, 0.1) is 12.8 Å². The highest BCUT2D eigenvalue weighted by Crippen LogP contribution is 2.25. The molecule has 2 N–H and O–H groups in total. The van der Waals surface area contributed by atoms with Crippen molar-refractivity contribution >= 4 is 10.0 Å². The van der Waals surface area contributed by atoms with Gasteiger partial charge in [0.25, 0.3) is 0 Å². The maximum Gasteiger partial charge on any atom is 0.240 e. The quantitative estimate of drug-likeness (QED) is 0.795. The lowest BCUT2D eigenvalue weighted by molar-refractivity contribution is -0.0158. The van der Waals surface area contributed by atoms with E-state index in [2.05, 4.69) is 4.72 Å². The van der Waals surface area contributed by atoms with Crippen molar-refractivity contribution in [1.82, 2.24) is 4.72 Å². The summed E-state index contributed by atoms with van der Waals surface area (Å²) in [5.74, 6) is -0.109. The maximum atomic E-state index is 12.8. The standard InChI is InChI=1S/C20H27NO3S/c1-15(2)20(4,22)19(14-17-8-6-5-7-9-17)21-25(23,24)18-12-10-16(3)11-13-18/h5-13,15,19,21-22H,14H2,1-4H3/t19-,20+/m0/s1. The number of rotatable bonds is 7. The predicted molar refractivity (Wildman–Crippen MR) is 101 cm³/mol. The number of aryl methyl sites for hydroxylation is 1. The van der Waals surface area contributed by atoms with Gasteiger partial charge in [-0.3, -0.25) is 0 Å². The van der Waals surface area contributed by atoms with Gasteiger partial charge in [-0.25, -0.2) is 13.1 Å². The summed E-state index contributed by atoms with van der Waals surface area (Å²) in [7, 11) is -3.72. The summed E-state index contributed by atoms with van der Waals surface area (Å²) in [5.41, 5.74) is 0.780. The Hall–Kier alpha value is -1.69. The summed E-state index contributed by atoms with van der Waals surface area (Å²) in [5, 5.41) is 10.9. The van der Waals surface area contributed by atoms with Gasteiger partial charge in [0, 0.05) is 0 Å². The first-order chi connectivity index (χ1) is 11.6. The Labute approximate surface area is 151 Å². The van der Waals surface area contributed by atoms with Crippen LogP contribution < -0.4 is 4.72 Å². The second-order valence-corrected chi connectivity index (χ2v) is 8.77. The van der Waals surface area contributed by atoms with Gasteiger partial charge in [-0.2, -0.15) is 0 Å². The van der Waals surface area contributed by atoms with Crippen LogP contribution in [-0.4, -0.2) is 25.2 Å². The van der Waals surface area contributed by atoms with Crippen molar-refractivity contribution < 1.29 is 13.5 Å². The molecule has 0 unspecified atom stereocenters. The average Bonchev–Trinajstić information content (AvgIpc) is 2.55. The van der Waals surface area contributed by atoms with Gasteiger partial charge in [-0.1, -0.05) is 61.9 Å². The maximum absolute atomic E-state index is 12.8. The Morgan fingerprint density at radius 1 is 1.04 bits per heavy atom. The molecule has 0 heterocycles. The van der Waals surface area contributed by atoms with Gasteiger partial charge < -0.3 is 5.11 Å². The van der Waals surface area contributed by atoms with Crippen LogP contribution in [0.3, 0.4) is 0 Å². The molecule has 0 saturated carbocycles. The Balaban J connectivity index is 2.33. The predicted octanol–water partition coefficient (Wildman–Crippen LogP) is 3.29. The van der Waals surface area contributed by atoms with E-state index in [1.165, 1.54) is 0 Å². The van der Waals surface area contributed by atoms with Gasteiger partial charge in [0.05, 0.1) is 16.5 Å². The molecule has 2 aromatic rings. The number of nitrogens with one attached hydrogen (secondary N) is 1. The third-order valence-corrected chi connectivity index (χ3v) is 6.27. The van der Waals surface area contributed by atoms with Crippen molar-refractivity contribution in [3.8, 4) is 0 Å². The van der Waals surface area contributed by atoms with Crippen LogP contribution in [0.4, 0.5) is 0 Å². The zero-order valence-electron chi connectivity index (χ0n) is 15.2. The molecule has 0 aliphatic rings. The lowest BCUT2D eigenvalue weighted by Crippen LogP contribution is -2.54. The van der Waals surface area contributed by atoms with Crippen LogP contribution in [0.2, 0.25) is 0 Å². The van der Waals surface area contributed by atoms with E-state index < -0.39 is 21.7 Å². The smallest absolute Gasteiger partial charge is 0.240 e. The lowest BCUT2D eigenvalue weighted by Gasteiger charge is -2.37. The van der Waals surface area contributed by atoms with E-state index in [0.717, 1.165) is 11.1 Å². The van der Waals surface area contributed by atoms with Crippen molar-refractivity contribution in [3.05, 3.63) is 65.7 Å². The SMILES string of the molecule is Cc1ccc(S(=O)(=O)N[C@@H](Cc2ccccc2)[C@](C)(O)C(C)C)cc1. The van der Waals surface area contributed by atoms with Crippen LogP contribution in [0.25, 0.3) is 0 Å². The molecule has 2 rings (SSSR count). The van der Waals surface area contributed by atoms with Crippen LogP contribution in [0.1, 0.15) is 31.9 Å². The molecule has 136 valence electrons. The lowest BCUT2D eigenvalue weighted by atomic mass is 9.82. The van der Waals surface area contributed by atoms with Crippen molar-refractivity contribution in [2.45, 2.75) is 50.7 Å². The molecular formula is C20H27NO3S. The van der Waals surface area contributed by atoms with Gasteiger partial charge >= 0.3 is 0 Å². The molecule has 2 aromatic carbocycles. The Morgan fingerprint density at radius 3 is 2.12 bits per heavy atom. The summed E-state index contributed by atoms with van der Waals surface area (Å²) in [6.07, 6.45) is 0.414. The molecule has 0 aliphatic carbocycles. The molecule has 0 fully saturated rings. The highest BCUT2D eigenvalue weighted by molar-refractivity contribution is 7.89. The van der Waals surface area contributed by atoms with Crippen molar-refractivity contribution in [3.63, 3.8) is 0 Å². The minimum absolute atomic E-state index is 0.109. The number of hydrogen-bond donors (Lipinski definition) is 2. The third-order valence-electron chi connectivity index (χ3n) is 4.79. The molecule has 0 aromatic heterocycles. The molecule has 5 heteroatoms. The fraction of sp³-hybridized carbons (Fsp3) is 0.400. The molecule has 0 saturated heterocycles. The zero-order valence-corrected chi connectivity index (χ0v) is 16.0. The van der Waals surface area contributed by atoms with Gasteiger partial charge in [0.15, 0.2) is 0 Å². The molecule has 4 nitrogen and oxygen atoms in total. The van der Waals surface area contributed by atoms with Gasteiger partial charge in [0.2, 0.25) is 10.0 Å². The van der Waals surface area contributed by atoms with Crippen molar-refractivity contribution in [2.24, 2.45) is 5.92 Å². The highest BCUT2D eigenvalue weighted by Gasteiger charge is 2.37. The summed E-state index contributed by atoms with van der Waals surface area (Å²) in [4.78, 5) is 0.204. The van der Waals surface area contributed by atoms with E-state index in [-0.39, 0.29) is 10.8 Å². The Morgan fingerprint density at radius 2 is 1.60 bits per heavy atom. The number of benzene rings is 2. The summed E-state index contributed by atoms with van der Waals surface area (Å²) in [6.45, 7) is 7.37. The van der Waals surface area contributed by atoms with E-state index in [1.54, 1.807) is 31.2 Å². The minimum Gasteiger partial charge on any atom is -0.388 e. The minimum atomic E-state index is -3.72. The largest absolute Gasteiger partial charge is 0.388 e. The molecule has 0 amide bonds. The molecule has 25 heavy (non-hydrogen) atoms. The second-order valence-electron chi connectivity index (χ2n) is 7.06. The second kappa shape index (κ2) is 7.68. The first kappa shape index (κ1) is 19.6. The topological polar surface area (TPSA) is 66.4 Å². The highest BCUT2D eigenvalue weighted by atomic mass is 32.2. The molecule has 0 spiro atoms. The summed E-state index contributed by atoms with van der Waals surface area (Å²) < 4.78 is 28.3. The normalized spacial score (nSPS) is 15.8. The number of aliphatic hydroxyl groups is 1. The molecule has 0 bridgehead atoms. The monoisotopic (exact) mass is 361 g/mol. The zero-order chi connectivity index (χ0) is 18.7. The molecule has 0 aliphatic heterocycles. The molecule has 2 atom stereocenters. The molecular weight excluding hydrogens is 334 g/mol. The Bertz CT molecular complexity index is 781. The van der Waals surface area contributed by atoms with E-state index in [1.807, 2.05) is 51.1 Å². The van der Waals surface area contributed by atoms with Crippen LogP contribution >= 0.6 is 0 Å². The number of sulfonamides is 1. The third kappa shape index (κ3) is 4.91. The van der Waals surface area contributed by atoms with E-state index in [9.17, 15) is 13.5 Å².